The number of benzene rings is 2. The van der Waals surface area contributed by atoms with Crippen LogP contribution in [0.15, 0.2) is 132 Å². The molecule has 0 saturated heterocycles. The van der Waals surface area contributed by atoms with Gasteiger partial charge in [0.15, 0.2) is 0 Å². The summed E-state index contributed by atoms with van der Waals surface area (Å²) in [5.74, 6) is 1.10. The topological polar surface area (TPSA) is 0 Å². The van der Waals surface area contributed by atoms with Crippen molar-refractivity contribution in [2.75, 3.05) is 0 Å². The lowest BCUT2D eigenvalue weighted by Gasteiger charge is -2.34. The molecule has 1 fully saturated rings. The van der Waals surface area contributed by atoms with Gasteiger partial charge in [-0.15, -0.1) is 0 Å². The first-order chi connectivity index (χ1) is 19.2. The fourth-order valence-electron chi connectivity index (χ4n) is 6.75. The van der Waals surface area contributed by atoms with Crippen LogP contribution in [0.3, 0.4) is 0 Å². The monoisotopic (exact) mass is 524 g/mol. The maximum absolute atomic E-state index is 4.74. The Morgan fingerprint density at radius 2 is 1.65 bits per heavy atom. The van der Waals surface area contributed by atoms with Crippen LogP contribution >= 0.6 is 0 Å². The summed E-state index contributed by atoms with van der Waals surface area (Å²) in [6, 6.07) is 18.2. The molecule has 2 aromatic carbocycles. The predicted octanol–water partition coefficient (Wildman–Crippen LogP) is 11.5. The van der Waals surface area contributed by atoms with Crippen molar-refractivity contribution in [3.63, 3.8) is 0 Å². The Bertz CT molecular complexity index is 1500. The zero-order chi connectivity index (χ0) is 28.6. The lowest BCUT2D eigenvalue weighted by Crippen LogP contribution is -2.21. The van der Waals surface area contributed by atoms with Crippen LogP contribution in [-0.2, 0) is 0 Å². The summed E-state index contributed by atoms with van der Waals surface area (Å²) in [6.07, 6.45) is 13.5. The van der Waals surface area contributed by atoms with Crippen LogP contribution in [0.25, 0.3) is 11.1 Å². The van der Waals surface area contributed by atoms with Gasteiger partial charge in [0.05, 0.1) is 0 Å². The van der Waals surface area contributed by atoms with Gasteiger partial charge in [0.1, 0.15) is 0 Å². The second-order valence-corrected chi connectivity index (χ2v) is 12.3. The van der Waals surface area contributed by atoms with Gasteiger partial charge in [-0.2, -0.15) is 0 Å². The van der Waals surface area contributed by atoms with Gasteiger partial charge in [-0.1, -0.05) is 136 Å². The van der Waals surface area contributed by atoms with Gasteiger partial charge in [0.25, 0.3) is 0 Å². The van der Waals surface area contributed by atoms with E-state index < -0.39 is 0 Å². The highest BCUT2D eigenvalue weighted by Gasteiger charge is 2.41. The highest BCUT2D eigenvalue weighted by Crippen LogP contribution is 2.55. The lowest BCUT2D eigenvalue weighted by atomic mass is 9.69. The molecule has 0 heterocycles. The largest absolute Gasteiger partial charge is 0.0955 e. The molecule has 0 aromatic heterocycles. The number of fused-ring (bicyclic) bond motifs is 1. The van der Waals surface area contributed by atoms with E-state index in [1.165, 1.54) is 66.8 Å². The van der Waals surface area contributed by atoms with Crippen molar-refractivity contribution >= 4 is 11.1 Å². The van der Waals surface area contributed by atoms with Crippen molar-refractivity contribution in [2.24, 2.45) is 5.92 Å². The molecule has 0 heteroatoms. The molecule has 0 aliphatic heterocycles. The predicted molar refractivity (Wildman–Crippen MR) is 175 cm³/mol. The Hall–Kier alpha value is -3.64. The minimum absolute atomic E-state index is 0.275. The summed E-state index contributed by atoms with van der Waals surface area (Å²) >= 11 is 0. The van der Waals surface area contributed by atoms with Crippen molar-refractivity contribution < 1.29 is 0 Å². The highest BCUT2D eigenvalue weighted by molar-refractivity contribution is 5.75. The van der Waals surface area contributed by atoms with E-state index in [2.05, 4.69) is 121 Å². The smallest absolute Gasteiger partial charge is 0.0201 e. The molecule has 0 bridgehead atoms. The average molecular weight is 525 g/mol. The molecule has 2 unspecified atom stereocenters. The summed E-state index contributed by atoms with van der Waals surface area (Å²) in [5.41, 5.74) is 17.4. The van der Waals surface area contributed by atoms with Gasteiger partial charge < -0.3 is 0 Å². The molecule has 5 rings (SSSR count). The number of hydrogen-bond acceptors (Lipinski definition) is 0. The van der Waals surface area contributed by atoms with Gasteiger partial charge in [0, 0.05) is 11.8 Å². The van der Waals surface area contributed by atoms with Crippen molar-refractivity contribution in [2.45, 2.75) is 72.1 Å². The Balaban J connectivity index is 1.42. The molecule has 0 spiro atoms. The molecule has 0 nitrogen and oxygen atoms in total. The molecule has 0 N–H and O–H groups in total. The molecule has 2 atom stereocenters. The van der Waals surface area contributed by atoms with E-state index in [0.29, 0.717) is 11.8 Å². The van der Waals surface area contributed by atoms with E-state index in [0.717, 1.165) is 31.3 Å². The molecular weight excluding hydrogens is 480 g/mol. The van der Waals surface area contributed by atoms with Crippen LogP contribution in [0.5, 0.6) is 0 Å². The van der Waals surface area contributed by atoms with Gasteiger partial charge in [-0.05, 0) is 94.7 Å². The van der Waals surface area contributed by atoms with E-state index in [-0.39, 0.29) is 5.92 Å². The zero-order valence-corrected chi connectivity index (χ0v) is 25.1. The van der Waals surface area contributed by atoms with Crippen molar-refractivity contribution in [3.05, 3.63) is 154 Å². The first kappa shape index (κ1) is 27.9. The molecule has 3 aliphatic carbocycles. The number of hydrogen-bond donors (Lipinski definition) is 0. The molecule has 2 aromatic rings. The van der Waals surface area contributed by atoms with Crippen LogP contribution in [-0.4, -0.2) is 0 Å². The normalized spacial score (nSPS) is 21.5. The third-order valence-corrected chi connectivity index (χ3v) is 8.95. The Morgan fingerprint density at radius 1 is 0.950 bits per heavy atom. The summed E-state index contributed by atoms with van der Waals surface area (Å²) in [6.45, 7) is 24.5. The first-order valence-electron chi connectivity index (χ1n) is 14.9. The van der Waals surface area contributed by atoms with E-state index in [4.69, 9.17) is 6.58 Å². The molecule has 3 aliphatic rings. The Labute approximate surface area is 242 Å². The first-order valence-corrected chi connectivity index (χ1v) is 14.9. The highest BCUT2D eigenvalue weighted by atomic mass is 14.4. The van der Waals surface area contributed by atoms with Gasteiger partial charge in [0.2, 0.25) is 0 Å². The summed E-state index contributed by atoms with van der Waals surface area (Å²) in [7, 11) is 0. The fourth-order valence-corrected chi connectivity index (χ4v) is 6.75. The molecule has 0 radical (unpaired) electrons. The minimum atomic E-state index is 0.275. The molecular formula is C40H44. The maximum atomic E-state index is 4.74. The fraction of sp³-hybridized carbons (Fsp3) is 0.300. The van der Waals surface area contributed by atoms with E-state index in [9.17, 15) is 0 Å². The van der Waals surface area contributed by atoms with Crippen LogP contribution in [0.2, 0.25) is 0 Å². The summed E-state index contributed by atoms with van der Waals surface area (Å²) in [5, 5.41) is 0. The van der Waals surface area contributed by atoms with Gasteiger partial charge >= 0.3 is 0 Å². The van der Waals surface area contributed by atoms with Crippen LogP contribution in [0.1, 0.15) is 94.4 Å². The summed E-state index contributed by atoms with van der Waals surface area (Å²) < 4.78 is 0. The number of allylic oxidation sites excluding steroid dienone is 13. The quantitative estimate of drug-likeness (QED) is 0.322. The van der Waals surface area contributed by atoms with E-state index >= 15 is 0 Å². The third-order valence-electron chi connectivity index (χ3n) is 8.95. The van der Waals surface area contributed by atoms with Crippen LogP contribution in [0.4, 0.5) is 0 Å². The van der Waals surface area contributed by atoms with Gasteiger partial charge in [-0.25, -0.2) is 0 Å². The molecule has 40 heavy (non-hydrogen) atoms. The zero-order valence-electron chi connectivity index (χ0n) is 25.1. The maximum Gasteiger partial charge on any atom is 0.0201 e. The van der Waals surface area contributed by atoms with Crippen LogP contribution < -0.4 is 0 Å². The van der Waals surface area contributed by atoms with E-state index in [1.807, 2.05) is 0 Å². The number of rotatable bonds is 8. The lowest BCUT2D eigenvalue weighted by molar-refractivity contribution is 0.619. The van der Waals surface area contributed by atoms with Crippen molar-refractivity contribution in [3.8, 4) is 0 Å². The molecule has 204 valence electrons. The van der Waals surface area contributed by atoms with E-state index in [1.54, 1.807) is 0 Å². The SMILES string of the molecule is C=C(CCC)C1=C(C)C=C2C/C(=C\C3=CC=C(c4ccc(C(=C)C)cc4)C3)C(=C)C2C1c1ccc(C(C)C)cc1. The van der Waals surface area contributed by atoms with Gasteiger partial charge in [-0.3, -0.25) is 0 Å². The molecule has 1 saturated carbocycles. The Morgan fingerprint density at radius 3 is 2.27 bits per heavy atom. The Kier molecular flexibility index (Phi) is 7.99. The third kappa shape index (κ3) is 5.37. The molecule has 0 amide bonds. The average Bonchev–Trinajstić information content (AvgIpc) is 3.52. The van der Waals surface area contributed by atoms with Crippen LogP contribution in [0, 0.1) is 5.92 Å². The van der Waals surface area contributed by atoms with Crippen molar-refractivity contribution in [1.29, 1.82) is 0 Å². The second kappa shape index (κ2) is 11.5. The summed E-state index contributed by atoms with van der Waals surface area (Å²) in [4.78, 5) is 0. The standard InChI is InChI=1S/C40H44/c1-9-10-27(6)38-28(7)21-37-24-36(29(8)39(37)40(38)34-19-15-32(16-20-34)26(4)5)23-30-11-12-35(22-30)33-17-13-31(14-18-33)25(2)3/h11-21,23,26,39-40H,2,6,8-10,22,24H2,1,3-5,7H3/b36-23+. The second-order valence-electron chi connectivity index (χ2n) is 12.3. The minimum Gasteiger partial charge on any atom is -0.0955 e. The van der Waals surface area contributed by atoms with Crippen molar-refractivity contribution in [1.82, 2.24) is 0 Å².